The summed E-state index contributed by atoms with van der Waals surface area (Å²) in [5.41, 5.74) is 1.12. The summed E-state index contributed by atoms with van der Waals surface area (Å²) in [6.07, 6.45) is 1.57. The van der Waals surface area contributed by atoms with E-state index in [1.54, 1.807) is 65.8 Å². The van der Waals surface area contributed by atoms with E-state index in [2.05, 4.69) is 5.32 Å². The fourth-order valence-corrected chi connectivity index (χ4v) is 4.70. The molecule has 2 atom stereocenters. The number of amides is 2. The molecule has 0 saturated carbocycles. The van der Waals surface area contributed by atoms with Crippen molar-refractivity contribution >= 4 is 40.9 Å². The highest BCUT2D eigenvalue weighted by molar-refractivity contribution is 7.99. The van der Waals surface area contributed by atoms with Crippen molar-refractivity contribution in [3.8, 4) is 0 Å². The van der Waals surface area contributed by atoms with E-state index in [0.717, 1.165) is 0 Å². The third-order valence-corrected chi connectivity index (χ3v) is 5.96. The maximum atomic E-state index is 13.2. The molecule has 4 rings (SSSR count). The lowest BCUT2D eigenvalue weighted by Gasteiger charge is -2.28. The van der Waals surface area contributed by atoms with Crippen molar-refractivity contribution in [2.75, 3.05) is 11.1 Å². The number of carbonyl (C=O) groups excluding carboxylic acids is 2. The van der Waals surface area contributed by atoms with Crippen LogP contribution < -0.4 is 5.32 Å². The molecular weight excluding hydrogens is 396 g/mol. The maximum absolute atomic E-state index is 13.2. The Bertz CT molecular complexity index is 978. The number of thioether (sulfide) groups is 1. The van der Waals surface area contributed by atoms with Crippen molar-refractivity contribution < 1.29 is 14.0 Å². The fraction of sp³-hybridized carbons (Fsp3) is 0.143. The first-order valence-corrected chi connectivity index (χ1v) is 10.2. The molecule has 142 valence electrons. The molecule has 1 fully saturated rings. The van der Waals surface area contributed by atoms with Crippen LogP contribution in [0.3, 0.4) is 0 Å². The third-order valence-electron chi connectivity index (χ3n) is 4.44. The molecule has 2 aromatic carbocycles. The average Bonchev–Trinajstić information content (AvgIpc) is 3.37. The van der Waals surface area contributed by atoms with Crippen LogP contribution in [0.15, 0.2) is 77.4 Å². The molecule has 2 unspecified atom stereocenters. The largest absolute Gasteiger partial charge is 0.466 e. The van der Waals surface area contributed by atoms with Gasteiger partial charge in [-0.2, -0.15) is 0 Å². The van der Waals surface area contributed by atoms with E-state index in [1.165, 1.54) is 11.8 Å². The second-order valence-corrected chi connectivity index (χ2v) is 7.84. The van der Waals surface area contributed by atoms with Crippen molar-refractivity contribution in [1.82, 2.24) is 4.90 Å². The van der Waals surface area contributed by atoms with Gasteiger partial charge in [-0.25, -0.2) is 0 Å². The summed E-state index contributed by atoms with van der Waals surface area (Å²) in [7, 11) is 0. The Morgan fingerprint density at radius 2 is 1.89 bits per heavy atom. The van der Waals surface area contributed by atoms with E-state index in [9.17, 15) is 9.59 Å². The lowest BCUT2D eigenvalue weighted by molar-refractivity contribution is -0.119. The number of halogens is 1. The topological polar surface area (TPSA) is 62.6 Å². The second-order valence-electron chi connectivity index (χ2n) is 6.29. The van der Waals surface area contributed by atoms with Crippen LogP contribution in [-0.2, 0) is 4.79 Å². The van der Waals surface area contributed by atoms with E-state index in [4.69, 9.17) is 16.0 Å². The first-order valence-electron chi connectivity index (χ1n) is 8.72. The van der Waals surface area contributed by atoms with Crippen LogP contribution in [0.1, 0.15) is 21.5 Å². The molecule has 7 heteroatoms. The van der Waals surface area contributed by atoms with Gasteiger partial charge < -0.3 is 14.6 Å². The molecule has 0 aliphatic carbocycles. The van der Waals surface area contributed by atoms with Crippen molar-refractivity contribution in [3.05, 3.63) is 89.3 Å². The zero-order valence-electron chi connectivity index (χ0n) is 14.7. The van der Waals surface area contributed by atoms with E-state index < -0.39 is 6.04 Å². The number of carbonyl (C=O) groups is 2. The molecule has 28 heavy (non-hydrogen) atoms. The number of hydrogen-bond donors (Lipinski definition) is 1. The molecule has 2 amide bonds. The summed E-state index contributed by atoms with van der Waals surface area (Å²) in [6, 6.07) is 18.9. The number of benzene rings is 2. The Kier molecular flexibility index (Phi) is 5.41. The van der Waals surface area contributed by atoms with Gasteiger partial charge in [0.2, 0.25) is 5.91 Å². The van der Waals surface area contributed by atoms with Gasteiger partial charge in [0.25, 0.3) is 5.91 Å². The molecule has 3 aromatic rings. The standard InChI is InChI=1S/C21H17ClN2O3S/c22-15-8-4-9-16(12-15)23-19(25)17-13-28-21(18-10-5-11-27-18)24(17)20(26)14-6-2-1-3-7-14/h1-12,17,21H,13H2,(H,23,25). The van der Waals surface area contributed by atoms with E-state index in [-0.39, 0.29) is 17.2 Å². The van der Waals surface area contributed by atoms with Crippen molar-refractivity contribution in [2.24, 2.45) is 0 Å². The van der Waals surface area contributed by atoms with E-state index >= 15 is 0 Å². The van der Waals surface area contributed by atoms with E-state index in [0.29, 0.717) is 27.8 Å². The van der Waals surface area contributed by atoms with Gasteiger partial charge in [0, 0.05) is 22.0 Å². The summed E-state index contributed by atoms with van der Waals surface area (Å²) in [6.45, 7) is 0. The number of rotatable bonds is 4. The number of nitrogens with one attached hydrogen (secondary N) is 1. The van der Waals surface area contributed by atoms with Crippen molar-refractivity contribution in [2.45, 2.75) is 11.4 Å². The Morgan fingerprint density at radius 3 is 2.61 bits per heavy atom. The molecule has 0 bridgehead atoms. The Hall–Kier alpha value is -2.70. The molecule has 1 N–H and O–H groups in total. The van der Waals surface area contributed by atoms with Crippen LogP contribution in [0.4, 0.5) is 5.69 Å². The predicted molar refractivity (Wildman–Crippen MR) is 110 cm³/mol. The van der Waals surface area contributed by atoms with Gasteiger partial charge in [0.05, 0.1) is 6.26 Å². The molecule has 0 radical (unpaired) electrons. The van der Waals surface area contributed by atoms with E-state index in [1.807, 2.05) is 12.1 Å². The van der Waals surface area contributed by atoms with Gasteiger partial charge in [0.1, 0.15) is 17.2 Å². The van der Waals surface area contributed by atoms with Gasteiger partial charge >= 0.3 is 0 Å². The molecule has 1 saturated heterocycles. The molecule has 1 aliphatic rings. The SMILES string of the molecule is O=C(Nc1cccc(Cl)c1)C1CSC(c2ccco2)N1C(=O)c1ccccc1. The van der Waals surface area contributed by atoms with Gasteiger partial charge in [-0.15, -0.1) is 11.8 Å². The molecule has 2 heterocycles. The zero-order valence-corrected chi connectivity index (χ0v) is 16.3. The quantitative estimate of drug-likeness (QED) is 0.666. The normalized spacial score (nSPS) is 18.8. The summed E-state index contributed by atoms with van der Waals surface area (Å²) in [5.74, 6) is 0.648. The second kappa shape index (κ2) is 8.12. The molecule has 1 aliphatic heterocycles. The monoisotopic (exact) mass is 412 g/mol. The van der Waals surface area contributed by atoms with Gasteiger partial charge in [-0.05, 0) is 42.5 Å². The minimum Gasteiger partial charge on any atom is -0.466 e. The summed E-state index contributed by atoms with van der Waals surface area (Å²) >= 11 is 7.51. The average molecular weight is 413 g/mol. The third kappa shape index (κ3) is 3.79. The van der Waals surface area contributed by atoms with Gasteiger partial charge in [0.15, 0.2) is 0 Å². The number of furan rings is 1. The van der Waals surface area contributed by atoms with Crippen molar-refractivity contribution in [3.63, 3.8) is 0 Å². The van der Waals surface area contributed by atoms with Crippen molar-refractivity contribution in [1.29, 1.82) is 0 Å². The molecule has 1 aromatic heterocycles. The fourth-order valence-electron chi connectivity index (χ4n) is 3.13. The highest BCUT2D eigenvalue weighted by Crippen LogP contribution is 2.42. The minimum absolute atomic E-state index is 0.210. The number of nitrogens with zero attached hydrogens (tertiary/aromatic N) is 1. The minimum atomic E-state index is -0.633. The number of hydrogen-bond acceptors (Lipinski definition) is 4. The van der Waals surface area contributed by atoms with Crippen LogP contribution in [0, 0.1) is 0 Å². The maximum Gasteiger partial charge on any atom is 0.255 e. The Morgan fingerprint density at radius 1 is 1.07 bits per heavy atom. The van der Waals surface area contributed by atoms with Gasteiger partial charge in [-0.3, -0.25) is 9.59 Å². The Labute approximate surface area is 171 Å². The van der Waals surface area contributed by atoms with Gasteiger partial charge in [-0.1, -0.05) is 35.9 Å². The predicted octanol–water partition coefficient (Wildman–Crippen LogP) is 4.83. The smallest absolute Gasteiger partial charge is 0.255 e. The first-order chi connectivity index (χ1) is 13.6. The lowest BCUT2D eigenvalue weighted by atomic mass is 10.1. The molecule has 0 spiro atoms. The van der Waals surface area contributed by atoms with Crippen LogP contribution in [0.25, 0.3) is 0 Å². The van der Waals surface area contributed by atoms with Crippen LogP contribution in [-0.4, -0.2) is 28.5 Å². The first kappa shape index (κ1) is 18.7. The van der Waals surface area contributed by atoms with Crippen LogP contribution >= 0.6 is 23.4 Å². The zero-order chi connectivity index (χ0) is 19.5. The number of anilines is 1. The highest BCUT2D eigenvalue weighted by atomic mass is 35.5. The summed E-state index contributed by atoms with van der Waals surface area (Å²) in [4.78, 5) is 27.8. The molecular formula is C21H17ClN2O3S. The Balaban J connectivity index is 1.63. The molecule has 5 nitrogen and oxygen atoms in total. The summed E-state index contributed by atoms with van der Waals surface area (Å²) in [5, 5.41) is 3.03. The van der Waals surface area contributed by atoms with Crippen LogP contribution in [0.2, 0.25) is 5.02 Å². The highest BCUT2D eigenvalue weighted by Gasteiger charge is 2.43. The van der Waals surface area contributed by atoms with Crippen LogP contribution in [0.5, 0.6) is 0 Å². The lowest BCUT2D eigenvalue weighted by Crippen LogP contribution is -2.45. The summed E-state index contributed by atoms with van der Waals surface area (Å²) < 4.78 is 5.53.